The number of carboxylic acid groups (broad SMARTS) is 1. The topological polar surface area (TPSA) is 172 Å². The zero-order valence-electron chi connectivity index (χ0n) is 28.4. The maximum atomic E-state index is 12.5. The van der Waals surface area contributed by atoms with Gasteiger partial charge in [-0.3, -0.25) is 23.4 Å². The standard InChI is InChI=1S/C34H62NO10P/c1-3-5-7-9-11-13-15-17-19-21-23-25-32(36)42-27-30(28-43-46(40,41)44-29-31(35)34(38)39)45-33(37)26-24-22-20-18-16-14-12-10-8-6-4-2/h9-12,30-31H,3-8,13-29,35H2,1-2H3,(H,38,39)(H,40,41)/b11-9+,12-10+/t30-,31+/m1/s1. The van der Waals surface area contributed by atoms with E-state index in [4.69, 9.17) is 24.8 Å². The molecule has 4 N–H and O–H groups in total. The summed E-state index contributed by atoms with van der Waals surface area (Å²) < 4.78 is 32.4. The van der Waals surface area contributed by atoms with Gasteiger partial charge in [-0.05, 0) is 51.4 Å². The highest BCUT2D eigenvalue weighted by Gasteiger charge is 2.28. The Balaban J connectivity index is 4.53. The fraction of sp³-hybridized carbons (Fsp3) is 0.794. The first-order chi connectivity index (χ1) is 22.1. The third-order valence-electron chi connectivity index (χ3n) is 7.17. The van der Waals surface area contributed by atoms with E-state index in [-0.39, 0.29) is 19.4 Å². The summed E-state index contributed by atoms with van der Waals surface area (Å²) in [5.41, 5.74) is 5.30. The molecule has 0 aliphatic heterocycles. The Bertz CT molecular complexity index is 895. The second-order valence-corrected chi connectivity index (χ2v) is 13.1. The molecule has 0 heterocycles. The second kappa shape index (κ2) is 30.3. The summed E-state index contributed by atoms with van der Waals surface area (Å²) in [4.78, 5) is 45.5. The van der Waals surface area contributed by atoms with Gasteiger partial charge in [0.1, 0.15) is 12.6 Å². The predicted molar refractivity (Wildman–Crippen MR) is 180 cm³/mol. The summed E-state index contributed by atoms with van der Waals surface area (Å²) >= 11 is 0. The lowest BCUT2D eigenvalue weighted by atomic mass is 10.1. The van der Waals surface area contributed by atoms with Crippen molar-refractivity contribution in [1.29, 1.82) is 0 Å². The lowest BCUT2D eigenvalue weighted by Crippen LogP contribution is -2.34. The van der Waals surface area contributed by atoms with E-state index < -0.39 is 51.1 Å². The van der Waals surface area contributed by atoms with Crippen molar-refractivity contribution >= 4 is 25.7 Å². The van der Waals surface area contributed by atoms with Crippen LogP contribution in [0.2, 0.25) is 0 Å². The lowest BCUT2D eigenvalue weighted by Gasteiger charge is -2.20. The first kappa shape index (κ1) is 44.0. The van der Waals surface area contributed by atoms with Gasteiger partial charge in [-0.2, -0.15) is 0 Å². The number of rotatable bonds is 32. The Labute approximate surface area is 277 Å². The molecule has 12 heteroatoms. The van der Waals surface area contributed by atoms with Crippen molar-refractivity contribution in [3.63, 3.8) is 0 Å². The number of carboxylic acids is 1. The molecule has 0 fully saturated rings. The first-order valence-electron chi connectivity index (χ1n) is 17.4. The van der Waals surface area contributed by atoms with Crippen LogP contribution in [0.15, 0.2) is 24.3 Å². The number of hydrogen-bond donors (Lipinski definition) is 3. The Kier molecular flexibility index (Phi) is 29.0. The number of phosphoric acid groups is 1. The first-order valence-corrected chi connectivity index (χ1v) is 18.9. The van der Waals surface area contributed by atoms with E-state index in [1.54, 1.807) is 0 Å². The Morgan fingerprint density at radius 3 is 1.59 bits per heavy atom. The van der Waals surface area contributed by atoms with Gasteiger partial charge in [0.05, 0.1) is 13.2 Å². The van der Waals surface area contributed by atoms with Gasteiger partial charge < -0.3 is 25.2 Å². The molecular weight excluding hydrogens is 613 g/mol. The van der Waals surface area contributed by atoms with Gasteiger partial charge in [0.15, 0.2) is 6.10 Å². The number of phosphoric ester groups is 1. The average molecular weight is 676 g/mol. The van der Waals surface area contributed by atoms with Gasteiger partial charge in [-0.15, -0.1) is 0 Å². The smallest absolute Gasteiger partial charge is 0.472 e. The van der Waals surface area contributed by atoms with E-state index in [1.807, 2.05) is 0 Å². The summed E-state index contributed by atoms with van der Waals surface area (Å²) in [5.74, 6) is -2.41. The molecule has 0 radical (unpaired) electrons. The lowest BCUT2D eigenvalue weighted by molar-refractivity contribution is -0.161. The summed E-state index contributed by atoms with van der Waals surface area (Å²) in [6, 6.07) is -1.52. The van der Waals surface area contributed by atoms with Crippen LogP contribution in [0.25, 0.3) is 0 Å². The zero-order valence-corrected chi connectivity index (χ0v) is 29.3. The number of allylic oxidation sites excluding steroid dienone is 4. The van der Waals surface area contributed by atoms with Crippen molar-refractivity contribution in [2.75, 3.05) is 19.8 Å². The van der Waals surface area contributed by atoms with Crippen LogP contribution in [0.4, 0.5) is 0 Å². The second-order valence-electron chi connectivity index (χ2n) is 11.6. The summed E-state index contributed by atoms with van der Waals surface area (Å²) in [7, 11) is -4.70. The molecular formula is C34H62NO10P. The SMILES string of the molecule is CCCC/C=C/CCCCCCCC(=O)OC[C@H](COP(=O)(O)OC[C@H](N)C(=O)O)OC(=O)CCCCCCC/C=C/CCCC. The molecule has 0 amide bonds. The van der Waals surface area contributed by atoms with Gasteiger partial charge in [-0.1, -0.05) is 102 Å². The van der Waals surface area contributed by atoms with Crippen LogP contribution < -0.4 is 5.73 Å². The van der Waals surface area contributed by atoms with E-state index in [9.17, 15) is 23.8 Å². The highest BCUT2D eigenvalue weighted by atomic mass is 31.2. The quantitative estimate of drug-likeness (QED) is 0.0273. The molecule has 0 aromatic rings. The molecule has 0 spiro atoms. The van der Waals surface area contributed by atoms with Crippen LogP contribution in [0.3, 0.4) is 0 Å². The minimum atomic E-state index is -4.70. The van der Waals surface area contributed by atoms with Crippen molar-refractivity contribution < 1.29 is 47.5 Å². The average Bonchev–Trinajstić information content (AvgIpc) is 3.02. The molecule has 0 aromatic carbocycles. The minimum absolute atomic E-state index is 0.149. The normalized spacial score (nSPS) is 14.3. The fourth-order valence-electron chi connectivity index (χ4n) is 4.32. The van der Waals surface area contributed by atoms with Crippen LogP contribution in [0, 0.1) is 0 Å². The highest BCUT2D eigenvalue weighted by Crippen LogP contribution is 2.43. The summed E-state index contributed by atoms with van der Waals surface area (Å²) in [5, 5.41) is 8.83. The van der Waals surface area contributed by atoms with Crippen LogP contribution >= 0.6 is 7.82 Å². The molecule has 0 rings (SSSR count). The zero-order chi connectivity index (χ0) is 34.3. The molecule has 0 bridgehead atoms. The number of carbonyl (C=O) groups excluding carboxylic acids is 2. The van der Waals surface area contributed by atoms with Crippen LogP contribution in [-0.2, 0) is 37.5 Å². The Morgan fingerprint density at radius 2 is 1.09 bits per heavy atom. The molecule has 3 atom stereocenters. The molecule has 11 nitrogen and oxygen atoms in total. The highest BCUT2D eigenvalue weighted by molar-refractivity contribution is 7.47. The van der Waals surface area contributed by atoms with Gasteiger partial charge in [0.2, 0.25) is 0 Å². The van der Waals surface area contributed by atoms with E-state index in [2.05, 4.69) is 42.7 Å². The van der Waals surface area contributed by atoms with Gasteiger partial charge in [0.25, 0.3) is 0 Å². The fourth-order valence-corrected chi connectivity index (χ4v) is 5.10. The number of carbonyl (C=O) groups is 3. The minimum Gasteiger partial charge on any atom is -0.480 e. The maximum Gasteiger partial charge on any atom is 0.472 e. The van der Waals surface area contributed by atoms with Crippen molar-refractivity contribution in [2.24, 2.45) is 5.73 Å². The van der Waals surface area contributed by atoms with Crippen molar-refractivity contribution in [1.82, 2.24) is 0 Å². The molecule has 0 aromatic heterocycles. The van der Waals surface area contributed by atoms with Gasteiger partial charge in [0, 0.05) is 12.8 Å². The third-order valence-corrected chi connectivity index (χ3v) is 8.12. The maximum absolute atomic E-state index is 12.5. The summed E-state index contributed by atoms with van der Waals surface area (Å²) in [6.45, 7) is 2.66. The Hall–Kier alpha value is -2.04. The van der Waals surface area contributed by atoms with Crippen LogP contribution in [0.1, 0.15) is 142 Å². The van der Waals surface area contributed by atoms with E-state index >= 15 is 0 Å². The summed E-state index contributed by atoms with van der Waals surface area (Å²) in [6.07, 6.45) is 26.9. The molecule has 268 valence electrons. The Morgan fingerprint density at radius 1 is 0.652 bits per heavy atom. The molecule has 0 aliphatic rings. The van der Waals surface area contributed by atoms with Crippen LogP contribution in [-0.4, -0.2) is 59.9 Å². The van der Waals surface area contributed by atoms with Crippen LogP contribution in [0.5, 0.6) is 0 Å². The number of nitrogens with two attached hydrogens (primary N) is 1. The van der Waals surface area contributed by atoms with Gasteiger partial charge in [-0.25, -0.2) is 4.57 Å². The van der Waals surface area contributed by atoms with Crippen molar-refractivity contribution in [2.45, 2.75) is 154 Å². The number of esters is 2. The molecule has 1 unspecified atom stereocenters. The molecule has 0 aliphatic carbocycles. The number of ether oxygens (including phenoxy) is 2. The van der Waals surface area contributed by atoms with E-state index in [0.717, 1.165) is 77.0 Å². The monoisotopic (exact) mass is 675 g/mol. The number of unbranched alkanes of at least 4 members (excludes halogenated alkanes) is 14. The predicted octanol–water partition coefficient (Wildman–Crippen LogP) is 7.94. The third kappa shape index (κ3) is 29.4. The van der Waals surface area contributed by atoms with E-state index in [0.29, 0.717) is 12.8 Å². The molecule has 0 saturated carbocycles. The molecule has 46 heavy (non-hydrogen) atoms. The largest absolute Gasteiger partial charge is 0.480 e. The van der Waals surface area contributed by atoms with E-state index in [1.165, 1.54) is 25.7 Å². The molecule has 0 saturated heterocycles. The number of aliphatic carboxylic acids is 1. The number of hydrogen-bond acceptors (Lipinski definition) is 9. The van der Waals surface area contributed by atoms with Crippen molar-refractivity contribution in [3.8, 4) is 0 Å². The van der Waals surface area contributed by atoms with Crippen molar-refractivity contribution in [3.05, 3.63) is 24.3 Å². The van der Waals surface area contributed by atoms with Gasteiger partial charge >= 0.3 is 25.7 Å².